The Kier molecular flexibility index (Phi) is 2.16. The molecule has 0 unspecified atom stereocenters. The molecule has 0 aliphatic rings. The van der Waals surface area contributed by atoms with Crippen LogP contribution in [0.2, 0.25) is 0 Å². The Bertz CT molecular complexity index is 323. The number of hydrogen-bond donors (Lipinski definition) is 1. The number of aliphatic hydroxyl groups is 1. The van der Waals surface area contributed by atoms with Crippen molar-refractivity contribution in [3.05, 3.63) is 35.6 Å². The summed E-state index contributed by atoms with van der Waals surface area (Å²) < 4.78 is 12.7. The number of hydrogen-bond acceptors (Lipinski definition) is 1. The van der Waals surface area contributed by atoms with Crippen molar-refractivity contribution >= 4 is 0 Å². The van der Waals surface area contributed by atoms with Gasteiger partial charge in [-0.15, -0.1) is 6.42 Å². The minimum absolute atomic E-state index is 0.394. The van der Waals surface area contributed by atoms with Crippen LogP contribution in [0.25, 0.3) is 0 Å². The van der Waals surface area contributed by atoms with E-state index in [0.29, 0.717) is 5.56 Å². The summed E-state index contributed by atoms with van der Waals surface area (Å²) in [6.45, 7) is 1.45. The van der Waals surface area contributed by atoms with Crippen molar-refractivity contribution < 1.29 is 9.50 Å². The Balaban J connectivity index is 3.14. The normalized spacial score (nSPS) is 14.8. The van der Waals surface area contributed by atoms with Gasteiger partial charge in [-0.3, -0.25) is 0 Å². The van der Waals surface area contributed by atoms with Gasteiger partial charge in [-0.25, -0.2) is 4.39 Å². The lowest BCUT2D eigenvalue weighted by atomic mass is 9.97. The average molecular weight is 164 g/mol. The molecule has 1 N–H and O–H groups in total. The fourth-order valence-corrected chi connectivity index (χ4v) is 0.875. The first kappa shape index (κ1) is 8.76. The molecule has 0 fully saturated rings. The Morgan fingerprint density at radius 2 is 2.25 bits per heavy atom. The van der Waals surface area contributed by atoms with E-state index in [0.717, 1.165) is 0 Å². The van der Waals surface area contributed by atoms with Gasteiger partial charge in [0.25, 0.3) is 0 Å². The second-order valence-electron chi connectivity index (χ2n) is 2.73. The van der Waals surface area contributed by atoms with E-state index in [4.69, 9.17) is 6.42 Å². The van der Waals surface area contributed by atoms with E-state index in [2.05, 4.69) is 5.92 Å². The third kappa shape index (κ3) is 1.63. The van der Waals surface area contributed by atoms with Crippen molar-refractivity contribution in [3.63, 3.8) is 0 Å². The summed E-state index contributed by atoms with van der Waals surface area (Å²) in [4.78, 5) is 0. The molecule has 62 valence electrons. The van der Waals surface area contributed by atoms with Gasteiger partial charge in [0, 0.05) is 0 Å². The molecule has 0 aromatic heterocycles. The molecule has 0 saturated heterocycles. The van der Waals surface area contributed by atoms with E-state index in [9.17, 15) is 9.50 Å². The summed E-state index contributed by atoms with van der Waals surface area (Å²) in [5.74, 6) is 1.77. The van der Waals surface area contributed by atoms with Crippen LogP contribution in [0.15, 0.2) is 24.3 Å². The van der Waals surface area contributed by atoms with Crippen LogP contribution >= 0.6 is 0 Å². The standard InChI is InChI=1S/C10H9FO/c1-3-10(2,12)8-5-4-6-9(11)7-8/h1,4-7,12H,2H3/t10-/m0/s1. The fraction of sp³-hybridized carbons (Fsp3) is 0.200. The van der Waals surface area contributed by atoms with Gasteiger partial charge in [0.2, 0.25) is 0 Å². The van der Waals surface area contributed by atoms with Crippen LogP contribution in [0.3, 0.4) is 0 Å². The summed E-state index contributed by atoms with van der Waals surface area (Å²) >= 11 is 0. The molecule has 0 spiro atoms. The van der Waals surface area contributed by atoms with Gasteiger partial charge < -0.3 is 5.11 Å². The molecular formula is C10H9FO. The van der Waals surface area contributed by atoms with Gasteiger partial charge in [-0.05, 0) is 24.6 Å². The molecule has 0 saturated carbocycles. The molecule has 0 bridgehead atoms. The number of benzene rings is 1. The SMILES string of the molecule is C#C[C@](C)(O)c1cccc(F)c1. The van der Waals surface area contributed by atoms with Crippen molar-refractivity contribution in [2.75, 3.05) is 0 Å². The molecule has 0 radical (unpaired) electrons. The Morgan fingerprint density at radius 3 is 2.75 bits per heavy atom. The molecule has 1 rings (SSSR count). The largest absolute Gasteiger partial charge is 0.374 e. The van der Waals surface area contributed by atoms with Crippen LogP contribution in [0.5, 0.6) is 0 Å². The molecular weight excluding hydrogens is 155 g/mol. The highest BCUT2D eigenvalue weighted by Gasteiger charge is 2.19. The number of terminal acetylenes is 1. The monoisotopic (exact) mass is 164 g/mol. The summed E-state index contributed by atoms with van der Waals surface area (Å²) in [6, 6.07) is 5.62. The molecule has 1 nitrogen and oxygen atoms in total. The smallest absolute Gasteiger partial charge is 0.148 e. The summed E-state index contributed by atoms with van der Waals surface area (Å²) in [5.41, 5.74) is -0.993. The van der Waals surface area contributed by atoms with Gasteiger partial charge in [0.05, 0.1) is 0 Å². The van der Waals surface area contributed by atoms with Crippen molar-refractivity contribution in [2.24, 2.45) is 0 Å². The maximum Gasteiger partial charge on any atom is 0.148 e. The number of rotatable bonds is 1. The van der Waals surface area contributed by atoms with Gasteiger partial charge in [-0.2, -0.15) is 0 Å². The zero-order chi connectivity index (χ0) is 9.19. The molecule has 12 heavy (non-hydrogen) atoms. The van der Waals surface area contributed by atoms with E-state index >= 15 is 0 Å². The first-order valence-electron chi connectivity index (χ1n) is 3.52. The second kappa shape index (κ2) is 2.96. The maximum absolute atomic E-state index is 12.7. The molecule has 0 aliphatic heterocycles. The predicted octanol–water partition coefficient (Wildman–Crippen LogP) is 1.67. The maximum atomic E-state index is 12.7. The van der Waals surface area contributed by atoms with Crippen LogP contribution in [0.1, 0.15) is 12.5 Å². The quantitative estimate of drug-likeness (QED) is 0.626. The van der Waals surface area contributed by atoms with E-state index in [1.165, 1.54) is 25.1 Å². The lowest BCUT2D eigenvalue weighted by Crippen LogP contribution is -2.17. The molecule has 0 amide bonds. The van der Waals surface area contributed by atoms with E-state index < -0.39 is 11.4 Å². The highest BCUT2D eigenvalue weighted by atomic mass is 19.1. The lowest BCUT2D eigenvalue weighted by Gasteiger charge is -2.16. The van der Waals surface area contributed by atoms with Crippen LogP contribution in [0.4, 0.5) is 4.39 Å². The Morgan fingerprint density at radius 1 is 1.58 bits per heavy atom. The zero-order valence-electron chi connectivity index (χ0n) is 6.71. The highest BCUT2D eigenvalue weighted by Crippen LogP contribution is 2.19. The lowest BCUT2D eigenvalue weighted by molar-refractivity contribution is 0.122. The topological polar surface area (TPSA) is 20.2 Å². The van der Waals surface area contributed by atoms with Crippen LogP contribution in [0, 0.1) is 18.2 Å². The van der Waals surface area contributed by atoms with E-state index in [1.54, 1.807) is 6.07 Å². The van der Waals surface area contributed by atoms with Crippen LogP contribution < -0.4 is 0 Å². The van der Waals surface area contributed by atoms with Crippen molar-refractivity contribution in [3.8, 4) is 12.3 Å². The van der Waals surface area contributed by atoms with Crippen LogP contribution in [-0.4, -0.2) is 5.11 Å². The molecule has 1 aromatic carbocycles. The Hall–Kier alpha value is -1.33. The third-order valence-corrected chi connectivity index (χ3v) is 1.67. The van der Waals surface area contributed by atoms with Gasteiger partial charge in [0.15, 0.2) is 0 Å². The third-order valence-electron chi connectivity index (χ3n) is 1.67. The molecule has 1 atom stereocenters. The van der Waals surface area contributed by atoms with Crippen molar-refractivity contribution in [1.29, 1.82) is 0 Å². The summed E-state index contributed by atoms with van der Waals surface area (Å²) in [6.07, 6.45) is 5.07. The molecule has 0 aliphatic carbocycles. The fourth-order valence-electron chi connectivity index (χ4n) is 0.875. The Labute approximate surface area is 70.9 Å². The minimum atomic E-state index is -1.39. The van der Waals surface area contributed by atoms with Crippen molar-refractivity contribution in [1.82, 2.24) is 0 Å². The van der Waals surface area contributed by atoms with Gasteiger partial charge in [0.1, 0.15) is 11.4 Å². The molecule has 1 aromatic rings. The highest BCUT2D eigenvalue weighted by molar-refractivity contribution is 5.29. The number of halogens is 1. The van der Waals surface area contributed by atoms with E-state index in [1.807, 2.05) is 0 Å². The summed E-state index contributed by atoms with van der Waals surface area (Å²) in [5, 5.41) is 9.52. The first-order chi connectivity index (χ1) is 5.56. The van der Waals surface area contributed by atoms with E-state index in [-0.39, 0.29) is 0 Å². The van der Waals surface area contributed by atoms with Gasteiger partial charge in [-0.1, -0.05) is 18.1 Å². The van der Waals surface area contributed by atoms with Crippen LogP contribution in [-0.2, 0) is 5.60 Å². The summed E-state index contributed by atoms with van der Waals surface area (Å²) in [7, 11) is 0. The zero-order valence-corrected chi connectivity index (χ0v) is 6.71. The molecule has 0 heterocycles. The second-order valence-corrected chi connectivity index (χ2v) is 2.73. The average Bonchev–Trinajstić information content (AvgIpc) is 2.05. The predicted molar refractivity (Wildman–Crippen MR) is 44.8 cm³/mol. The minimum Gasteiger partial charge on any atom is -0.374 e. The molecule has 2 heteroatoms. The van der Waals surface area contributed by atoms with Crippen molar-refractivity contribution in [2.45, 2.75) is 12.5 Å². The first-order valence-corrected chi connectivity index (χ1v) is 3.52. The van der Waals surface area contributed by atoms with Gasteiger partial charge >= 0.3 is 0 Å².